The monoisotopic (exact) mass is 235 g/mol. The van der Waals surface area contributed by atoms with Gasteiger partial charge in [-0.2, -0.15) is 0 Å². The summed E-state index contributed by atoms with van der Waals surface area (Å²) in [5.41, 5.74) is 1.60. The van der Waals surface area contributed by atoms with Crippen molar-refractivity contribution in [1.82, 2.24) is 9.55 Å². The van der Waals surface area contributed by atoms with Gasteiger partial charge in [0.1, 0.15) is 0 Å². The van der Waals surface area contributed by atoms with Gasteiger partial charge < -0.3 is 9.88 Å². The summed E-state index contributed by atoms with van der Waals surface area (Å²) in [6, 6.07) is 0. The zero-order chi connectivity index (χ0) is 12.3. The second-order valence-electron chi connectivity index (χ2n) is 5.78. The van der Waals surface area contributed by atoms with Crippen LogP contribution in [0.5, 0.6) is 0 Å². The van der Waals surface area contributed by atoms with Crippen molar-refractivity contribution in [2.24, 2.45) is 5.41 Å². The molecule has 0 radical (unpaired) electrons. The van der Waals surface area contributed by atoms with E-state index < -0.39 is 0 Å². The van der Waals surface area contributed by atoms with Crippen LogP contribution in [-0.2, 0) is 6.54 Å². The molecule has 2 rings (SSSR count). The Bertz CT molecular complexity index is 362. The lowest BCUT2D eigenvalue weighted by molar-refractivity contribution is 0.283. The Labute approximate surface area is 105 Å². The Balaban J connectivity index is 2.08. The van der Waals surface area contributed by atoms with E-state index in [1.54, 1.807) is 0 Å². The molecule has 0 bridgehead atoms. The number of nitrogens with one attached hydrogen (secondary N) is 1. The van der Waals surface area contributed by atoms with Gasteiger partial charge in [-0.05, 0) is 31.6 Å². The zero-order valence-corrected chi connectivity index (χ0v) is 11.4. The lowest BCUT2D eigenvalue weighted by Gasteiger charge is -2.25. The van der Waals surface area contributed by atoms with E-state index in [1.165, 1.54) is 25.7 Å². The standard InChI is InChI=1S/C14H25N3/c1-4-9-15-13-16-12(2)10-17(13)11-14(3)7-5-6-8-14/h10H,4-9,11H2,1-3H3,(H,15,16). The fourth-order valence-electron chi connectivity index (χ4n) is 2.84. The van der Waals surface area contributed by atoms with E-state index in [0.717, 1.165) is 31.2 Å². The summed E-state index contributed by atoms with van der Waals surface area (Å²) in [7, 11) is 0. The fourth-order valence-corrected chi connectivity index (χ4v) is 2.84. The Morgan fingerprint density at radius 3 is 2.76 bits per heavy atom. The highest BCUT2D eigenvalue weighted by Gasteiger charge is 2.29. The molecule has 96 valence electrons. The summed E-state index contributed by atoms with van der Waals surface area (Å²) in [5, 5.41) is 3.43. The lowest BCUT2D eigenvalue weighted by Crippen LogP contribution is -2.20. The molecule has 3 heteroatoms. The van der Waals surface area contributed by atoms with Crippen LogP contribution in [0.3, 0.4) is 0 Å². The van der Waals surface area contributed by atoms with Crippen LogP contribution >= 0.6 is 0 Å². The summed E-state index contributed by atoms with van der Waals surface area (Å²) < 4.78 is 2.32. The van der Waals surface area contributed by atoms with E-state index in [9.17, 15) is 0 Å². The normalized spacial score (nSPS) is 18.5. The molecular formula is C14H25N3. The summed E-state index contributed by atoms with van der Waals surface area (Å²) in [6.07, 6.45) is 8.82. The Hall–Kier alpha value is -0.990. The highest BCUT2D eigenvalue weighted by atomic mass is 15.2. The molecule has 1 aliphatic carbocycles. The van der Waals surface area contributed by atoms with Crippen LogP contribution in [0.4, 0.5) is 5.95 Å². The summed E-state index contributed by atoms with van der Waals surface area (Å²) >= 11 is 0. The number of nitrogens with zero attached hydrogens (tertiary/aromatic N) is 2. The molecule has 1 N–H and O–H groups in total. The van der Waals surface area contributed by atoms with Gasteiger partial charge in [-0.25, -0.2) is 4.98 Å². The van der Waals surface area contributed by atoms with E-state index in [2.05, 4.69) is 41.8 Å². The van der Waals surface area contributed by atoms with Gasteiger partial charge in [0.05, 0.1) is 5.69 Å². The lowest BCUT2D eigenvalue weighted by atomic mass is 9.89. The largest absolute Gasteiger partial charge is 0.356 e. The third-order valence-electron chi connectivity index (χ3n) is 3.79. The second kappa shape index (κ2) is 5.11. The summed E-state index contributed by atoms with van der Waals surface area (Å²) in [4.78, 5) is 4.57. The third-order valence-corrected chi connectivity index (χ3v) is 3.79. The van der Waals surface area contributed by atoms with E-state index in [1.807, 2.05) is 0 Å². The van der Waals surface area contributed by atoms with Crippen LogP contribution < -0.4 is 5.32 Å². The minimum absolute atomic E-state index is 0.482. The van der Waals surface area contributed by atoms with Gasteiger partial charge in [-0.1, -0.05) is 26.7 Å². The first-order chi connectivity index (χ1) is 8.13. The van der Waals surface area contributed by atoms with Crippen LogP contribution in [0.25, 0.3) is 0 Å². The number of hydrogen-bond acceptors (Lipinski definition) is 2. The number of anilines is 1. The molecule has 0 amide bonds. The minimum Gasteiger partial charge on any atom is -0.356 e. The maximum absolute atomic E-state index is 4.57. The van der Waals surface area contributed by atoms with Gasteiger partial charge in [0.25, 0.3) is 0 Å². The smallest absolute Gasteiger partial charge is 0.203 e. The molecule has 1 saturated carbocycles. The molecule has 3 nitrogen and oxygen atoms in total. The van der Waals surface area contributed by atoms with Crippen LogP contribution in [0.2, 0.25) is 0 Å². The SMILES string of the molecule is CCCNc1nc(C)cn1CC1(C)CCCC1. The first kappa shape index (κ1) is 12.5. The van der Waals surface area contributed by atoms with Gasteiger partial charge in [-0.3, -0.25) is 0 Å². The molecule has 1 aliphatic rings. The van der Waals surface area contributed by atoms with Crippen LogP contribution in [0.15, 0.2) is 6.20 Å². The van der Waals surface area contributed by atoms with Crippen molar-refractivity contribution in [3.63, 3.8) is 0 Å². The van der Waals surface area contributed by atoms with Crippen molar-refractivity contribution >= 4 is 5.95 Å². The maximum atomic E-state index is 4.57. The third kappa shape index (κ3) is 3.02. The molecule has 1 aromatic rings. The minimum atomic E-state index is 0.482. The quantitative estimate of drug-likeness (QED) is 0.845. The molecule has 0 spiro atoms. The van der Waals surface area contributed by atoms with Crippen LogP contribution in [0, 0.1) is 12.3 Å². The molecule has 17 heavy (non-hydrogen) atoms. The summed E-state index contributed by atoms with van der Waals surface area (Å²) in [5.74, 6) is 1.05. The van der Waals surface area contributed by atoms with Crippen LogP contribution in [-0.4, -0.2) is 16.1 Å². The first-order valence-corrected chi connectivity index (χ1v) is 6.91. The molecule has 1 fully saturated rings. The van der Waals surface area contributed by atoms with Gasteiger partial charge in [0, 0.05) is 19.3 Å². The predicted octanol–water partition coefficient (Wildman–Crippen LogP) is 3.59. The predicted molar refractivity (Wildman–Crippen MR) is 72.3 cm³/mol. The van der Waals surface area contributed by atoms with Crippen molar-refractivity contribution in [2.75, 3.05) is 11.9 Å². The van der Waals surface area contributed by atoms with E-state index in [4.69, 9.17) is 0 Å². The van der Waals surface area contributed by atoms with Crippen LogP contribution in [0.1, 0.15) is 51.6 Å². The fraction of sp³-hybridized carbons (Fsp3) is 0.786. The molecule has 0 saturated heterocycles. The molecular weight excluding hydrogens is 210 g/mol. The average molecular weight is 235 g/mol. The van der Waals surface area contributed by atoms with Gasteiger partial charge in [-0.15, -0.1) is 0 Å². The zero-order valence-electron chi connectivity index (χ0n) is 11.4. The number of hydrogen-bond donors (Lipinski definition) is 1. The van der Waals surface area contributed by atoms with Crippen molar-refractivity contribution < 1.29 is 0 Å². The molecule has 0 aliphatic heterocycles. The maximum Gasteiger partial charge on any atom is 0.203 e. The molecule has 0 atom stereocenters. The van der Waals surface area contributed by atoms with Gasteiger partial charge in [0.15, 0.2) is 0 Å². The molecule has 0 unspecified atom stereocenters. The average Bonchev–Trinajstić information content (AvgIpc) is 2.83. The van der Waals surface area contributed by atoms with Crippen molar-refractivity contribution in [3.05, 3.63) is 11.9 Å². The Morgan fingerprint density at radius 1 is 1.41 bits per heavy atom. The van der Waals surface area contributed by atoms with Crippen molar-refractivity contribution in [3.8, 4) is 0 Å². The number of aromatic nitrogens is 2. The second-order valence-corrected chi connectivity index (χ2v) is 5.78. The molecule has 1 heterocycles. The number of aryl methyl sites for hydroxylation is 1. The highest BCUT2D eigenvalue weighted by Crippen LogP contribution is 2.39. The topological polar surface area (TPSA) is 29.9 Å². The van der Waals surface area contributed by atoms with Gasteiger partial charge >= 0.3 is 0 Å². The number of rotatable bonds is 5. The van der Waals surface area contributed by atoms with E-state index >= 15 is 0 Å². The van der Waals surface area contributed by atoms with E-state index in [-0.39, 0.29) is 0 Å². The van der Waals surface area contributed by atoms with Crippen molar-refractivity contribution in [1.29, 1.82) is 0 Å². The Kier molecular flexibility index (Phi) is 3.75. The highest BCUT2D eigenvalue weighted by molar-refractivity contribution is 5.28. The molecule has 1 aromatic heterocycles. The Morgan fingerprint density at radius 2 is 2.12 bits per heavy atom. The first-order valence-electron chi connectivity index (χ1n) is 6.91. The van der Waals surface area contributed by atoms with Gasteiger partial charge in [0.2, 0.25) is 5.95 Å². The molecule has 0 aromatic carbocycles. The van der Waals surface area contributed by atoms with Crippen molar-refractivity contribution in [2.45, 2.75) is 59.4 Å². The van der Waals surface area contributed by atoms with E-state index in [0.29, 0.717) is 5.41 Å². The summed E-state index contributed by atoms with van der Waals surface area (Å²) in [6.45, 7) is 8.79. The number of imidazole rings is 1.